The molecule has 0 radical (unpaired) electrons. The largest absolute Gasteiger partial charge is 0.207 e. The maximum atomic E-state index is 13.7. The molecule has 2 rings (SSSR count). The minimum atomic E-state index is -0.238. The van der Waals surface area contributed by atoms with Gasteiger partial charge in [-0.15, -0.1) is 0 Å². The average molecular weight is 392 g/mol. The summed E-state index contributed by atoms with van der Waals surface area (Å²) in [5.74, 6) is -0.238. The van der Waals surface area contributed by atoms with Crippen LogP contribution < -0.4 is 0 Å². The Morgan fingerprint density at radius 1 is 1.11 bits per heavy atom. The van der Waals surface area contributed by atoms with Crippen molar-refractivity contribution in [1.29, 1.82) is 0 Å². The summed E-state index contributed by atoms with van der Waals surface area (Å²) in [5.41, 5.74) is 1.73. The predicted molar refractivity (Wildman–Crippen MR) is 80.9 cm³/mol. The molecule has 0 aliphatic carbocycles. The van der Waals surface area contributed by atoms with E-state index in [1.54, 1.807) is 12.1 Å². The summed E-state index contributed by atoms with van der Waals surface area (Å²) in [4.78, 5) is -0.0858. The molecular weight excluding hydrogens is 382 g/mol. The summed E-state index contributed by atoms with van der Waals surface area (Å²) >= 11 is 12.8. The van der Waals surface area contributed by atoms with Gasteiger partial charge in [-0.25, -0.2) is 4.39 Å². The number of rotatable bonds is 3. The highest BCUT2D eigenvalue weighted by atomic mass is 79.9. The van der Waals surface area contributed by atoms with Crippen molar-refractivity contribution in [2.75, 3.05) is 0 Å². The Bertz CT molecular complexity index is 540. The average Bonchev–Trinajstić information content (AvgIpc) is 2.35. The lowest BCUT2D eigenvalue weighted by Gasteiger charge is -2.12. The highest BCUT2D eigenvalue weighted by Crippen LogP contribution is 2.31. The maximum Gasteiger partial charge on any atom is 0.127 e. The minimum absolute atomic E-state index is 0.0858. The van der Waals surface area contributed by atoms with E-state index in [9.17, 15) is 4.39 Å². The van der Waals surface area contributed by atoms with Gasteiger partial charge in [0.2, 0.25) is 0 Å². The molecule has 0 aromatic heterocycles. The first kappa shape index (κ1) is 14.0. The molecule has 4 heteroatoms. The summed E-state index contributed by atoms with van der Waals surface area (Å²) in [6, 6.07) is 12.6. The van der Waals surface area contributed by atoms with Crippen molar-refractivity contribution in [3.8, 4) is 0 Å². The SMILES string of the molecule is Fc1ccc(Cl)cc1C(Br)Cc1ccc(Br)cc1. The van der Waals surface area contributed by atoms with E-state index in [-0.39, 0.29) is 10.6 Å². The molecule has 0 fully saturated rings. The van der Waals surface area contributed by atoms with E-state index < -0.39 is 0 Å². The maximum absolute atomic E-state index is 13.7. The van der Waals surface area contributed by atoms with E-state index in [1.165, 1.54) is 6.07 Å². The minimum Gasteiger partial charge on any atom is -0.207 e. The van der Waals surface area contributed by atoms with Crippen LogP contribution in [0, 0.1) is 5.82 Å². The zero-order chi connectivity index (χ0) is 13.1. The van der Waals surface area contributed by atoms with Crippen molar-refractivity contribution in [1.82, 2.24) is 0 Å². The van der Waals surface area contributed by atoms with E-state index >= 15 is 0 Å². The predicted octanol–water partition coefficient (Wildman–Crippen LogP) is 5.92. The number of hydrogen-bond donors (Lipinski definition) is 0. The van der Waals surface area contributed by atoms with Gasteiger partial charge in [-0.2, -0.15) is 0 Å². The Kier molecular flexibility index (Phi) is 4.82. The molecule has 0 nitrogen and oxygen atoms in total. The molecule has 1 unspecified atom stereocenters. The smallest absolute Gasteiger partial charge is 0.127 e. The van der Waals surface area contributed by atoms with Crippen LogP contribution in [0.5, 0.6) is 0 Å². The second kappa shape index (κ2) is 6.18. The summed E-state index contributed by atoms with van der Waals surface area (Å²) in [6.45, 7) is 0. The van der Waals surface area contributed by atoms with Crippen molar-refractivity contribution >= 4 is 43.5 Å². The van der Waals surface area contributed by atoms with Crippen molar-refractivity contribution in [3.05, 3.63) is 68.9 Å². The summed E-state index contributed by atoms with van der Waals surface area (Å²) in [7, 11) is 0. The van der Waals surface area contributed by atoms with E-state index in [1.807, 2.05) is 24.3 Å². The van der Waals surface area contributed by atoms with Gasteiger partial charge in [0, 0.05) is 19.9 Å². The van der Waals surface area contributed by atoms with E-state index in [0.717, 1.165) is 10.0 Å². The van der Waals surface area contributed by atoms with E-state index in [4.69, 9.17) is 11.6 Å². The van der Waals surface area contributed by atoms with Crippen molar-refractivity contribution in [2.45, 2.75) is 11.2 Å². The third-order valence-corrected chi connectivity index (χ3v) is 4.20. The lowest BCUT2D eigenvalue weighted by molar-refractivity contribution is 0.608. The fraction of sp³-hybridized carbons (Fsp3) is 0.143. The number of benzene rings is 2. The van der Waals surface area contributed by atoms with Crippen LogP contribution in [0.2, 0.25) is 5.02 Å². The highest BCUT2D eigenvalue weighted by Gasteiger charge is 2.13. The van der Waals surface area contributed by atoms with Crippen LogP contribution in [0.25, 0.3) is 0 Å². The molecule has 0 saturated heterocycles. The molecule has 0 N–H and O–H groups in total. The second-order valence-electron chi connectivity index (χ2n) is 3.96. The van der Waals surface area contributed by atoms with Gasteiger partial charge in [-0.3, -0.25) is 0 Å². The van der Waals surface area contributed by atoms with Gasteiger partial charge in [-0.1, -0.05) is 55.6 Å². The molecule has 2 aromatic carbocycles. The van der Waals surface area contributed by atoms with Gasteiger partial charge in [0.15, 0.2) is 0 Å². The Labute approximate surface area is 127 Å². The van der Waals surface area contributed by atoms with E-state index in [2.05, 4.69) is 31.9 Å². The van der Waals surface area contributed by atoms with Crippen LogP contribution in [0.15, 0.2) is 46.9 Å². The molecule has 1 atom stereocenters. The zero-order valence-corrected chi connectivity index (χ0v) is 13.3. The molecule has 0 aliphatic heterocycles. The van der Waals surface area contributed by atoms with Crippen LogP contribution in [-0.2, 0) is 6.42 Å². The van der Waals surface area contributed by atoms with Crippen LogP contribution in [0.4, 0.5) is 4.39 Å². The monoisotopic (exact) mass is 390 g/mol. The van der Waals surface area contributed by atoms with Gasteiger partial charge in [0.1, 0.15) is 5.82 Å². The lowest BCUT2D eigenvalue weighted by atomic mass is 10.0. The molecule has 18 heavy (non-hydrogen) atoms. The topological polar surface area (TPSA) is 0 Å². The van der Waals surface area contributed by atoms with Crippen LogP contribution in [0.1, 0.15) is 16.0 Å². The molecular formula is C14H10Br2ClF. The normalized spacial score (nSPS) is 12.4. The molecule has 94 valence electrons. The van der Waals surface area contributed by atoms with E-state index in [0.29, 0.717) is 17.0 Å². The van der Waals surface area contributed by atoms with Gasteiger partial charge in [0.25, 0.3) is 0 Å². The van der Waals surface area contributed by atoms with Crippen LogP contribution in [0.3, 0.4) is 0 Å². The molecule has 0 saturated carbocycles. The van der Waals surface area contributed by atoms with Crippen LogP contribution in [-0.4, -0.2) is 0 Å². The Morgan fingerprint density at radius 2 is 1.78 bits per heavy atom. The molecule has 0 bridgehead atoms. The summed E-state index contributed by atoms with van der Waals surface area (Å²) in [6.07, 6.45) is 0.713. The van der Waals surface area contributed by atoms with Gasteiger partial charge < -0.3 is 0 Å². The van der Waals surface area contributed by atoms with Crippen LogP contribution >= 0.6 is 43.5 Å². The van der Waals surface area contributed by atoms with Crippen molar-refractivity contribution < 1.29 is 4.39 Å². The fourth-order valence-corrected chi connectivity index (χ4v) is 2.86. The molecule has 0 spiro atoms. The fourth-order valence-electron chi connectivity index (χ4n) is 1.69. The third kappa shape index (κ3) is 3.56. The number of halogens is 4. The molecule has 0 amide bonds. The Morgan fingerprint density at radius 3 is 2.44 bits per heavy atom. The molecule has 0 aliphatic rings. The zero-order valence-electron chi connectivity index (χ0n) is 9.34. The highest BCUT2D eigenvalue weighted by molar-refractivity contribution is 9.10. The van der Waals surface area contributed by atoms with Gasteiger partial charge in [-0.05, 0) is 42.3 Å². The third-order valence-electron chi connectivity index (χ3n) is 2.62. The lowest BCUT2D eigenvalue weighted by Crippen LogP contribution is -1.98. The standard InChI is InChI=1S/C14H10Br2ClF/c15-10-3-1-9(2-4-10)7-13(16)12-8-11(17)5-6-14(12)18/h1-6,8,13H,7H2. The molecule has 2 aromatic rings. The molecule has 0 heterocycles. The number of hydrogen-bond acceptors (Lipinski definition) is 0. The van der Waals surface area contributed by atoms with Gasteiger partial charge >= 0.3 is 0 Å². The summed E-state index contributed by atoms with van der Waals surface area (Å²) in [5, 5.41) is 0.548. The first-order valence-electron chi connectivity index (χ1n) is 5.40. The first-order valence-corrected chi connectivity index (χ1v) is 7.48. The van der Waals surface area contributed by atoms with Crippen molar-refractivity contribution in [3.63, 3.8) is 0 Å². The van der Waals surface area contributed by atoms with Gasteiger partial charge in [0.05, 0.1) is 0 Å². The number of alkyl halides is 1. The first-order chi connectivity index (χ1) is 8.56. The summed E-state index contributed by atoms with van der Waals surface area (Å²) < 4.78 is 14.7. The second-order valence-corrected chi connectivity index (χ2v) is 6.42. The Balaban J connectivity index is 2.18. The van der Waals surface area contributed by atoms with Crippen molar-refractivity contribution in [2.24, 2.45) is 0 Å². The Hall–Kier alpha value is -0.380. The quantitative estimate of drug-likeness (QED) is 0.569.